The minimum Gasteiger partial charge on any atom is -0.496 e. The molecule has 0 aliphatic rings. The van der Waals surface area contributed by atoms with Crippen molar-refractivity contribution in [3.05, 3.63) is 64.4 Å². The molecule has 0 saturated carbocycles. The quantitative estimate of drug-likeness (QED) is 0.636. The molecule has 0 aliphatic carbocycles. The van der Waals surface area contributed by atoms with Gasteiger partial charge in [-0.3, -0.25) is 14.5 Å². The summed E-state index contributed by atoms with van der Waals surface area (Å²) in [5.41, 5.74) is 2.99. The van der Waals surface area contributed by atoms with Crippen LogP contribution < -0.4 is 4.74 Å². The highest BCUT2D eigenvalue weighted by atomic mass is 32.1. The van der Waals surface area contributed by atoms with E-state index in [1.54, 1.807) is 23.6 Å². The highest BCUT2D eigenvalue weighted by Crippen LogP contribution is 2.28. The summed E-state index contributed by atoms with van der Waals surface area (Å²) in [5.74, 6) is 1.35. The number of nitrogens with zero attached hydrogens (tertiary/aromatic N) is 3. The summed E-state index contributed by atoms with van der Waals surface area (Å²) in [6.07, 6.45) is 0. The Morgan fingerprint density at radius 3 is 2.75 bits per heavy atom. The molecule has 1 unspecified atom stereocenters. The van der Waals surface area contributed by atoms with Crippen LogP contribution in [0.15, 0.2) is 48.5 Å². The molecule has 28 heavy (non-hydrogen) atoms. The first-order chi connectivity index (χ1) is 13.4. The first-order valence-corrected chi connectivity index (χ1v) is 9.44. The van der Waals surface area contributed by atoms with Crippen molar-refractivity contribution in [2.75, 3.05) is 14.2 Å². The van der Waals surface area contributed by atoms with Crippen molar-refractivity contribution in [2.45, 2.75) is 26.4 Å². The van der Waals surface area contributed by atoms with Crippen LogP contribution in [0, 0.1) is 11.7 Å². The molecule has 3 rings (SSSR count). The van der Waals surface area contributed by atoms with Crippen LogP contribution in [0.3, 0.4) is 0 Å². The lowest BCUT2D eigenvalue weighted by molar-refractivity contribution is -0.132. The van der Waals surface area contributed by atoms with E-state index in [1.807, 2.05) is 62.4 Å². The molecular formula is C21H24N4O2S. The van der Waals surface area contributed by atoms with Gasteiger partial charge in [-0.1, -0.05) is 42.0 Å². The summed E-state index contributed by atoms with van der Waals surface area (Å²) in [5, 5.41) is 7.13. The number of aromatic nitrogens is 3. The molecule has 1 heterocycles. The lowest BCUT2D eigenvalue weighted by Gasteiger charge is -2.27. The van der Waals surface area contributed by atoms with Gasteiger partial charge in [0.1, 0.15) is 12.3 Å². The zero-order valence-corrected chi connectivity index (χ0v) is 17.3. The van der Waals surface area contributed by atoms with Crippen molar-refractivity contribution in [1.29, 1.82) is 0 Å². The predicted molar refractivity (Wildman–Crippen MR) is 112 cm³/mol. The Morgan fingerprint density at radius 1 is 1.29 bits per heavy atom. The third-order valence-electron chi connectivity index (χ3n) is 4.89. The number of amides is 1. The second-order valence-electron chi connectivity index (χ2n) is 6.73. The Labute approximate surface area is 169 Å². The third kappa shape index (κ3) is 3.99. The third-order valence-corrected chi connectivity index (χ3v) is 5.20. The van der Waals surface area contributed by atoms with Gasteiger partial charge < -0.3 is 9.64 Å². The van der Waals surface area contributed by atoms with Crippen LogP contribution >= 0.6 is 12.2 Å². The van der Waals surface area contributed by atoms with Crippen LogP contribution in [0.25, 0.3) is 11.4 Å². The van der Waals surface area contributed by atoms with E-state index in [4.69, 9.17) is 17.0 Å². The average Bonchev–Trinajstić information content (AvgIpc) is 3.07. The second-order valence-corrected chi connectivity index (χ2v) is 7.12. The largest absolute Gasteiger partial charge is 0.496 e. The fraction of sp³-hybridized carbons (Fsp3) is 0.286. The number of carbonyl (C=O) groups excluding carboxylic acids is 1. The van der Waals surface area contributed by atoms with Gasteiger partial charge in [0.05, 0.1) is 13.2 Å². The van der Waals surface area contributed by atoms with E-state index in [1.165, 1.54) is 0 Å². The maximum Gasteiger partial charge on any atom is 0.242 e. The van der Waals surface area contributed by atoms with Gasteiger partial charge in [0, 0.05) is 18.2 Å². The smallest absolute Gasteiger partial charge is 0.242 e. The molecule has 0 aliphatic heterocycles. The number of aromatic amines is 1. The molecule has 0 saturated heterocycles. The van der Waals surface area contributed by atoms with E-state index < -0.39 is 0 Å². The second kappa shape index (κ2) is 8.39. The van der Waals surface area contributed by atoms with Crippen LogP contribution in [0.5, 0.6) is 5.75 Å². The van der Waals surface area contributed by atoms with E-state index in [9.17, 15) is 4.79 Å². The van der Waals surface area contributed by atoms with Crippen LogP contribution in [-0.2, 0) is 11.3 Å². The number of rotatable bonds is 6. The zero-order valence-electron chi connectivity index (χ0n) is 16.5. The molecule has 0 fully saturated rings. The highest BCUT2D eigenvalue weighted by molar-refractivity contribution is 7.71. The Morgan fingerprint density at radius 2 is 2.04 bits per heavy atom. The van der Waals surface area contributed by atoms with E-state index in [-0.39, 0.29) is 18.5 Å². The molecule has 1 atom stereocenters. The minimum absolute atomic E-state index is 0.0650. The maximum absolute atomic E-state index is 13.0. The summed E-state index contributed by atoms with van der Waals surface area (Å²) < 4.78 is 7.59. The normalized spacial score (nSPS) is 11.9. The Hall–Kier alpha value is -2.93. The molecule has 0 bridgehead atoms. The fourth-order valence-corrected chi connectivity index (χ4v) is 3.35. The van der Waals surface area contributed by atoms with Crippen LogP contribution in [0.1, 0.15) is 24.1 Å². The number of H-pyrrole nitrogens is 1. The van der Waals surface area contributed by atoms with Crippen molar-refractivity contribution in [2.24, 2.45) is 0 Å². The van der Waals surface area contributed by atoms with Gasteiger partial charge in [0.2, 0.25) is 5.91 Å². The number of hydrogen-bond acceptors (Lipinski definition) is 4. The van der Waals surface area contributed by atoms with Crippen molar-refractivity contribution in [3.63, 3.8) is 0 Å². The number of carbonyl (C=O) groups is 1. The van der Waals surface area contributed by atoms with Crippen LogP contribution in [0.4, 0.5) is 0 Å². The van der Waals surface area contributed by atoms with Gasteiger partial charge in [-0.05, 0) is 38.2 Å². The van der Waals surface area contributed by atoms with E-state index >= 15 is 0 Å². The van der Waals surface area contributed by atoms with E-state index in [0.29, 0.717) is 10.6 Å². The lowest BCUT2D eigenvalue weighted by Crippen LogP contribution is -2.33. The number of aryl methyl sites for hydroxylation is 1. The Bertz CT molecular complexity index is 1040. The summed E-state index contributed by atoms with van der Waals surface area (Å²) in [6.45, 7) is 4.10. The molecule has 0 spiro atoms. The summed E-state index contributed by atoms with van der Waals surface area (Å²) in [4.78, 5) is 14.7. The first-order valence-electron chi connectivity index (χ1n) is 9.03. The first kappa shape index (κ1) is 19.8. The molecule has 1 amide bonds. The van der Waals surface area contributed by atoms with Crippen LogP contribution in [0.2, 0.25) is 0 Å². The van der Waals surface area contributed by atoms with Gasteiger partial charge in [0.25, 0.3) is 0 Å². The molecular weight excluding hydrogens is 372 g/mol. The molecule has 3 aromatic rings. The Kier molecular flexibility index (Phi) is 5.94. The highest BCUT2D eigenvalue weighted by Gasteiger charge is 2.22. The topological polar surface area (TPSA) is 63.1 Å². The number of benzene rings is 2. The number of methoxy groups -OCH3 is 1. The van der Waals surface area contributed by atoms with Gasteiger partial charge in [-0.25, -0.2) is 0 Å². The van der Waals surface area contributed by atoms with Gasteiger partial charge in [0.15, 0.2) is 10.6 Å². The van der Waals surface area contributed by atoms with Crippen molar-refractivity contribution >= 4 is 18.1 Å². The molecule has 1 aromatic heterocycles. The summed E-state index contributed by atoms with van der Waals surface area (Å²) in [6, 6.07) is 15.5. The predicted octanol–water partition coefficient (Wildman–Crippen LogP) is 4.14. The number of para-hydroxylation sites is 1. The van der Waals surface area contributed by atoms with E-state index in [0.717, 1.165) is 22.4 Å². The molecule has 146 valence electrons. The number of likely N-dealkylation sites (N-methyl/N-ethyl adjacent to an activating group) is 1. The summed E-state index contributed by atoms with van der Waals surface area (Å²) >= 11 is 5.36. The van der Waals surface area contributed by atoms with Gasteiger partial charge in [-0.2, -0.15) is 5.10 Å². The van der Waals surface area contributed by atoms with Crippen molar-refractivity contribution in [1.82, 2.24) is 19.7 Å². The van der Waals surface area contributed by atoms with E-state index in [2.05, 4.69) is 10.2 Å². The standard InChI is InChI=1S/C21H24N4O2S/c1-14-8-7-9-16(12-14)20-22-23-21(28)25(20)13-19(26)24(3)15(2)17-10-5-6-11-18(17)27-4/h5-12,15H,13H2,1-4H3,(H,23,28). The number of ether oxygens (including phenoxy) is 1. The molecule has 2 aromatic carbocycles. The SMILES string of the molecule is COc1ccccc1C(C)N(C)C(=O)Cn1c(-c2cccc(C)c2)n[nH]c1=S. The van der Waals surface area contributed by atoms with Gasteiger partial charge >= 0.3 is 0 Å². The van der Waals surface area contributed by atoms with Crippen LogP contribution in [-0.4, -0.2) is 39.7 Å². The monoisotopic (exact) mass is 396 g/mol. The molecule has 6 nitrogen and oxygen atoms in total. The Balaban J connectivity index is 1.85. The lowest BCUT2D eigenvalue weighted by atomic mass is 10.1. The molecule has 7 heteroatoms. The summed E-state index contributed by atoms with van der Waals surface area (Å²) in [7, 11) is 3.42. The number of hydrogen-bond donors (Lipinski definition) is 1. The average molecular weight is 397 g/mol. The molecule has 0 radical (unpaired) electrons. The zero-order chi connectivity index (χ0) is 20.3. The molecule has 1 N–H and O–H groups in total. The number of nitrogens with one attached hydrogen (secondary N) is 1. The minimum atomic E-state index is -0.146. The van der Waals surface area contributed by atoms with Crippen molar-refractivity contribution in [3.8, 4) is 17.1 Å². The fourth-order valence-electron chi connectivity index (χ4n) is 3.15. The van der Waals surface area contributed by atoms with Gasteiger partial charge in [-0.15, -0.1) is 0 Å². The van der Waals surface area contributed by atoms with Crippen molar-refractivity contribution < 1.29 is 9.53 Å². The maximum atomic E-state index is 13.0.